The lowest BCUT2D eigenvalue weighted by molar-refractivity contribution is -0.152. The Morgan fingerprint density at radius 1 is 1.22 bits per heavy atom. The van der Waals surface area contributed by atoms with Crippen LogP contribution in [0.3, 0.4) is 0 Å². The van der Waals surface area contributed by atoms with Crippen LogP contribution in [0.2, 0.25) is 0 Å². The number of rotatable bonds is 4. The van der Waals surface area contributed by atoms with Gasteiger partial charge in [-0.05, 0) is 18.4 Å². The van der Waals surface area contributed by atoms with Crippen LogP contribution in [0.25, 0.3) is 0 Å². The molecule has 18 heavy (non-hydrogen) atoms. The van der Waals surface area contributed by atoms with Gasteiger partial charge in [-0.2, -0.15) is 0 Å². The fraction of sp³-hybridized carbons (Fsp3) is 0.385. The Hall–Kier alpha value is -1.88. The molecular weight excluding hydrogens is 234 g/mol. The summed E-state index contributed by atoms with van der Waals surface area (Å²) < 4.78 is 0. The predicted molar refractivity (Wildman–Crippen MR) is 64.1 cm³/mol. The van der Waals surface area contributed by atoms with Crippen molar-refractivity contribution in [3.05, 3.63) is 35.9 Å². The molecule has 1 aliphatic carbocycles. The van der Waals surface area contributed by atoms with E-state index in [1.165, 1.54) is 0 Å². The summed E-state index contributed by atoms with van der Waals surface area (Å²) in [7, 11) is 0. The Kier molecular flexibility index (Phi) is 3.09. The number of nitrogens with two attached hydrogens (primary N) is 1. The third kappa shape index (κ3) is 1.86. The summed E-state index contributed by atoms with van der Waals surface area (Å²) in [4.78, 5) is 22.0. The summed E-state index contributed by atoms with van der Waals surface area (Å²) in [6.45, 7) is 0. The minimum atomic E-state index is -1.09. The fourth-order valence-electron chi connectivity index (χ4n) is 2.67. The van der Waals surface area contributed by atoms with Crippen LogP contribution in [0, 0.1) is 5.92 Å². The van der Waals surface area contributed by atoms with Crippen LogP contribution in [-0.2, 0) is 15.0 Å². The van der Waals surface area contributed by atoms with Crippen LogP contribution in [0.4, 0.5) is 0 Å². The van der Waals surface area contributed by atoms with Gasteiger partial charge in [0.2, 0.25) is 0 Å². The van der Waals surface area contributed by atoms with Crippen LogP contribution in [0.1, 0.15) is 18.4 Å². The molecule has 1 unspecified atom stereocenters. The highest BCUT2D eigenvalue weighted by atomic mass is 16.4. The van der Waals surface area contributed by atoms with Gasteiger partial charge in [0.1, 0.15) is 6.04 Å². The van der Waals surface area contributed by atoms with Crippen molar-refractivity contribution in [2.24, 2.45) is 11.7 Å². The van der Waals surface area contributed by atoms with E-state index in [-0.39, 0.29) is 12.8 Å². The SMILES string of the molecule is NC(C(=O)O)[C@]1(c2ccccc2)C[C@@H](C(=O)O)C1. The first-order chi connectivity index (χ1) is 8.47. The van der Waals surface area contributed by atoms with Crippen molar-refractivity contribution in [3.63, 3.8) is 0 Å². The second-order valence-electron chi connectivity index (χ2n) is 4.78. The Morgan fingerprint density at radius 2 is 1.78 bits per heavy atom. The smallest absolute Gasteiger partial charge is 0.321 e. The van der Waals surface area contributed by atoms with E-state index in [4.69, 9.17) is 15.9 Å². The first kappa shape index (κ1) is 12.6. The molecule has 4 N–H and O–H groups in total. The maximum atomic E-state index is 11.1. The number of hydrogen-bond donors (Lipinski definition) is 3. The third-order valence-electron chi connectivity index (χ3n) is 3.78. The van der Waals surface area contributed by atoms with E-state index in [1.54, 1.807) is 24.3 Å². The van der Waals surface area contributed by atoms with Crippen LogP contribution in [-0.4, -0.2) is 28.2 Å². The van der Waals surface area contributed by atoms with Gasteiger partial charge in [0.25, 0.3) is 0 Å². The lowest BCUT2D eigenvalue weighted by Crippen LogP contribution is -2.59. The Labute approximate surface area is 104 Å². The first-order valence-electron chi connectivity index (χ1n) is 5.74. The molecule has 5 heteroatoms. The van der Waals surface area contributed by atoms with Crippen molar-refractivity contribution in [2.45, 2.75) is 24.3 Å². The molecule has 1 saturated carbocycles. The zero-order valence-corrected chi connectivity index (χ0v) is 9.74. The number of hydrogen-bond acceptors (Lipinski definition) is 3. The minimum absolute atomic E-state index is 0.278. The molecule has 0 amide bonds. The van der Waals surface area contributed by atoms with Crippen LogP contribution in [0.15, 0.2) is 30.3 Å². The molecule has 1 atom stereocenters. The molecule has 1 aromatic rings. The summed E-state index contributed by atoms with van der Waals surface area (Å²) in [6, 6.07) is 7.98. The average Bonchev–Trinajstić information content (AvgIpc) is 2.28. The molecule has 1 aliphatic rings. The maximum absolute atomic E-state index is 11.1. The summed E-state index contributed by atoms with van der Waals surface area (Å²) in [6.07, 6.45) is 0.555. The first-order valence-corrected chi connectivity index (χ1v) is 5.74. The van der Waals surface area contributed by atoms with Gasteiger partial charge < -0.3 is 15.9 Å². The normalized spacial score (nSPS) is 28.2. The van der Waals surface area contributed by atoms with E-state index in [2.05, 4.69) is 0 Å². The van der Waals surface area contributed by atoms with Gasteiger partial charge in [-0.1, -0.05) is 30.3 Å². The molecule has 1 fully saturated rings. The highest BCUT2D eigenvalue weighted by Crippen LogP contribution is 2.49. The van der Waals surface area contributed by atoms with Gasteiger partial charge in [-0.3, -0.25) is 9.59 Å². The highest BCUT2D eigenvalue weighted by molar-refractivity contribution is 5.79. The largest absolute Gasteiger partial charge is 0.481 e. The molecule has 1 aromatic carbocycles. The van der Waals surface area contributed by atoms with E-state index >= 15 is 0 Å². The predicted octanol–water partition coefficient (Wildman–Crippen LogP) is 0.831. The van der Waals surface area contributed by atoms with Crippen LogP contribution >= 0.6 is 0 Å². The summed E-state index contributed by atoms with van der Waals surface area (Å²) in [5.41, 5.74) is 5.81. The van der Waals surface area contributed by atoms with E-state index < -0.39 is 29.3 Å². The van der Waals surface area contributed by atoms with Crippen molar-refractivity contribution in [3.8, 4) is 0 Å². The summed E-state index contributed by atoms with van der Waals surface area (Å²) in [5.74, 6) is -2.49. The van der Waals surface area contributed by atoms with Crippen LogP contribution < -0.4 is 5.73 Å². The number of carboxylic acids is 2. The Morgan fingerprint density at radius 3 is 2.22 bits per heavy atom. The maximum Gasteiger partial charge on any atom is 0.321 e. The van der Waals surface area contributed by atoms with Crippen molar-refractivity contribution in [1.29, 1.82) is 0 Å². The fourth-order valence-corrected chi connectivity index (χ4v) is 2.67. The molecule has 0 spiro atoms. The van der Waals surface area contributed by atoms with Gasteiger partial charge in [0, 0.05) is 5.41 Å². The monoisotopic (exact) mass is 249 g/mol. The number of carbonyl (C=O) groups is 2. The Bertz CT molecular complexity index is 465. The topological polar surface area (TPSA) is 101 Å². The lowest BCUT2D eigenvalue weighted by Gasteiger charge is -2.48. The molecule has 2 rings (SSSR count). The summed E-state index contributed by atoms with van der Waals surface area (Å²) in [5, 5.41) is 18.0. The van der Waals surface area contributed by atoms with Crippen molar-refractivity contribution in [2.75, 3.05) is 0 Å². The molecule has 0 bridgehead atoms. The molecule has 96 valence electrons. The second kappa shape index (κ2) is 4.42. The number of benzene rings is 1. The van der Waals surface area contributed by atoms with Crippen LogP contribution in [0.5, 0.6) is 0 Å². The molecule has 5 nitrogen and oxygen atoms in total. The zero-order valence-electron chi connectivity index (χ0n) is 9.74. The lowest BCUT2D eigenvalue weighted by atomic mass is 9.55. The molecule has 0 heterocycles. The standard InChI is InChI=1S/C13H15NO4/c14-10(12(17)18)13(6-8(7-13)11(15)16)9-4-2-1-3-5-9/h1-5,8,10H,6-7,14H2,(H,15,16)(H,17,18)/t8-,10?,13-. The Balaban J connectivity index is 2.32. The van der Waals surface area contributed by atoms with Crippen molar-refractivity contribution >= 4 is 11.9 Å². The average molecular weight is 249 g/mol. The van der Waals surface area contributed by atoms with Gasteiger partial charge in [-0.25, -0.2) is 0 Å². The van der Waals surface area contributed by atoms with E-state index in [9.17, 15) is 9.59 Å². The quantitative estimate of drug-likeness (QED) is 0.733. The van der Waals surface area contributed by atoms with E-state index in [0.29, 0.717) is 0 Å². The van der Waals surface area contributed by atoms with Crippen molar-refractivity contribution in [1.82, 2.24) is 0 Å². The number of carboxylic acid groups (broad SMARTS) is 2. The molecular formula is C13H15NO4. The minimum Gasteiger partial charge on any atom is -0.481 e. The van der Waals surface area contributed by atoms with Gasteiger partial charge in [0.05, 0.1) is 5.92 Å². The van der Waals surface area contributed by atoms with Gasteiger partial charge >= 0.3 is 11.9 Å². The van der Waals surface area contributed by atoms with Gasteiger partial charge in [0.15, 0.2) is 0 Å². The number of aliphatic carboxylic acids is 2. The van der Waals surface area contributed by atoms with Gasteiger partial charge in [-0.15, -0.1) is 0 Å². The molecule has 0 radical (unpaired) electrons. The van der Waals surface area contributed by atoms with E-state index in [0.717, 1.165) is 5.56 Å². The van der Waals surface area contributed by atoms with Crippen molar-refractivity contribution < 1.29 is 19.8 Å². The molecule has 0 saturated heterocycles. The molecule has 0 aliphatic heterocycles. The van der Waals surface area contributed by atoms with E-state index in [1.807, 2.05) is 6.07 Å². The highest BCUT2D eigenvalue weighted by Gasteiger charge is 2.54. The second-order valence-corrected chi connectivity index (χ2v) is 4.78. The zero-order chi connectivity index (χ0) is 13.3. The summed E-state index contributed by atoms with van der Waals surface area (Å²) >= 11 is 0. The third-order valence-corrected chi connectivity index (χ3v) is 3.78. The molecule has 0 aromatic heterocycles.